The molecule has 0 heterocycles. The second-order valence-electron chi connectivity index (χ2n) is 4.43. The van der Waals surface area contributed by atoms with Crippen molar-refractivity contribution in [2.75, 3.05) is 7.11 Å². The van der Waals surface area contributed by atoms with Gasteiger partial charge in [0, 0.05) is 10.6 Å². The molecule has 0 atom stereocenters. The van der Waals surface area contributed by atoms with E-state index in [2.05, 4.69) is 9.89 Å². The number of ether oxygens (including phenoxy) is 1. The van der Waals surface area contributed by atoms with Gasteiger partial charge in [-0.05, 0) is 48.5 Å². The Kier molecular flexibility index (Phi) is 5.32. The second-order valence-corrected chi connectivity index (χ2v) is 4.87. The number of rotatable bonds is 4. The Bertz CT molecular complexity index is 740. The summed E-state index contributed by atoms with van der Waals surface area (Å²) < 4.78 is 4.57. The van der Waals surface area contributed by atoms with Gasteiger partial charge in [-0.3, -0.25) is 0 Å². The molecule has 0 aliphatic carbocycles. The highest BCUT2D eigenvalue weighted by Gasteiger charge is 2.10. The Morgan fingerprint density at radius 2 is 1.39 bits per heavy atom. The summed E-state index contributed by atoms with van der Waals surface area (Å²) in [6, 6.07) is 12.4. The average Bonchev–Trinajstić information content (AvgIpc) is 2.59. The van der Waals surface area contributed by atoms with Crippen LogP contribution in [0.5, 0.6) is 0 Å². The zero-order chi connectivity index (χ0) is 16.8. The first-order chi connectivity index (χ1) is 11.0. The van der Waals surface area contributed by atoms with Crippen molar-refractivity contribution in [3.05, 3.63) is 70.2 Å². The van der Waals surface area contributed by atoms with Crippen molar-refractivity contribution in [2.24, 2.45) is 10.9 Å². The molecule has 6 nitrogen and oxygen atoms in total. The van der Waals surface area contributed by atoms with Crippen LogP contribution in [0.3, 0.4) is 0 Å². The number of nitrogens with two attached hydrogens (primary N) is 1. The summed E-state index contributed by atoms with van der Waals surface area (Å²) in [6.45, 7) is 0. The summed E-state index contributed by atoms with van der Waals surface area (Å²) >= 11 is 5.77. The molecule has 0 saturated heterocycles. The molecule has 0 aliphatic rings. The monoisotopic (exact) mass is 332 g/mol. The van der Waals surface area contributed by atoms with Gasteiger partial charge in [0.1, 0.15) is 0 Å². The number of benzene rings is 2. The predicted octanol–water partition coefficient (Wildman–Crippen LogP) is 2.60. The number of carbonyl (C=O) groups excluding carboxylic acids is 2. The van der Waals surface area contributed by atoms with Crippen LogP contribution in [0.2, 0.25) is 5.02 Å². The Balaban J connectivity index is 2.05. The number of hydrogen-bond acceptors (Lipinski definition) is 5. The van der Waals surface area contributed by atoms with E-state index in [9.17, 15) is 9.59 Å². The molecule has 2 aromatic rings. The molecule has 0 unspecified atom stereocenters. The number of hydrogen-bond donors (Lipinski definition) is 1. The van der Waals surface area contributed by atoms with Gasteiger partial charge in [0.15, 0.2) is 5.84 Å². The van der Waals surface area contributed by atoms with Gasteiger partial charge in [-0.25, -0.2) is 9.59 Å². The maximum absolute atomic E-state index is 11.9. The maximum atomic E-state index is 11.9. The van der Waals surface area contributed by atoms with E-state index >= 15 is 0 Å². The fourth-order valence-corrected chi connectivity index (χ4v) is 1.80. The van der Waals surface area contributed by atoms with E-state index in [1.165, 1.54) is 31.4 Å². The number of oxime groups is 1. The SMILES string of the molecule is COC(=O)c1ccc(C(=O)ON=C(N)c2ccc(Cl)cc2)cc1. The Morgan fingerprint density at radius 3 is 1.91 bits per heavy atom. The minimum Gasteiger partial charge on any atom is -0.465 e. The number of carbonyl (C=O) groups is 2. The molecule has 0 fully saturated rings. The molecule has 0 bridgehead atoms. The molecule has 2 N–H and O–H groups in total. The van der Waals surface area contributed by atoms with Crippen molar-refractivity contribution < 1.29 is 19.2 Å². The smallest absolute Gasteiger partial charge is 0.365 e. The van der Waals surface area contributed by atoms with Gasteiger partial charge in [-0.1, -0.05) is 16.8 Å². The van der Waals surface area contributed by atoms with Crippen LogP contribution in [-0.2, 0) is 9.57 Å². The number of amidine groups is 1. The normalized spacial score (nSPS) is 11.0. The summed E-state index contributed by atoms with van der Waals surface area (Å²) in [7, 11) is 1.28. The molecule has 7 heteroatoms. The van der Waals surface area contributed by atoms with Gasteiger partial charge < -0.3 is 15.3 Å². The second kappa shape index (κ2) is 7.42. The van der Waals surface area contributed by atoms with E-state index in [0.717, 1.165) is 0 Å². The third kappa shape index (κ3) is 4.31. The average molecular weight is 333 g/mol. The minimum atomic E-state index is -0.696. The zero-order valence-electron chi connectivity index (χ0n) is 12.2. The molecule has 2 aromatic carbocycles. The first kappa shape index (κ1) is 16.5. The lowest BCUT2D eigenvalue weighted by atomic mass is 10.1. The molecular formula is C16H13ClN2O4. The van der Waals surface area contributed by atoms with E-state index in [1.807, 2.05) is 0 Å². The topological polar surface area (TPSA) is 91.0 Å². The fraction of sp³-hybridized carbons (Fsp3) is 0.0625. The van der Waals surface area contributed by atoms with Gasteiger partial charge in [-0.2, -0.15) is 0 Å². The van der Waals surface area contributed by atoms with Gasteiger partial charge in [-0.15, -0.1) is 0 Å². The van der Waals surface area contributed by atoms with E-state index in [-0.39, 0.29) is 11.4 Å². The van der Waals surface area contributed by atoms with Crippen LogP contribution in [-0.4, -0.2) is 24.9 Å². The Morgan fingerprint density at radius 1 is 0.913 bits per heavy atom. The van der Waals surface area contributed by atoms with Crippen LogP contribution < -0.4 is 5.73 Å². The highest BCUT2D eigenvalue weighted by Crippen LogP contribution is 2.10. The molecule has 2 rings (SSSR count). The summed E-state index contributed by atoms with van der Waals surface area (Å²) in [5.41, 5.74) is 6.85. The van der Waals surface area contributed by atoms with Crippen LogP contribution in [0.1, 0.15) is 26.3 Å². The minimum absolute atomic E-state index is 0.0428. The first-order valence-corrected chi connectivity index (χ1v) is 6.88. The van der Waals surface area contributed by atoms with Gasteiger partial charge in [0.25, 0.3) is 0 Å². The zero-order valence-corrected chi connectivity index (χ0v) is 12.9. The molecule has 0 amide bonds. The number of nitrogens with zero attached hydrogens (tertiary/aromatic N) is 1. The van der Waals surface area contributed by atoms with Crippen LogP contribution in [0.25, 0.3) is 0 Å². The summed E-state index contributed by atoms with van der Waals surface area (Å²) in [6.07, 6.45) is 0. The van der Waals surface area contributed by atoms with Crippen molar-refractivity contribution in [1.82, 2.24) is 0 Å². The largest absolute Gasteiger partial charge is 0.465 e. The van der Waals surface area contributed by atoms with Crippen LogP contribution in [0, 0.1) is 0 Å². The fourth-order valence-electron chi connectivity index (χ4n) is 1.68. The first-order valence-electron chi connectivity index (χ1n) is 6.50. The molecule has 118 valence electrons. The van der Waals surface area contributed by atoms with Crippen molar-refractivity contribution in [3.8, 4) is 0 Å². The van der Waals surface area contributed by atoms with Gasteiger partial charge >= 0.3 is 11.9 Å². The molecule has 0 saturated carbocycles. The number of esters is 1. The van der Waals surface area contributed by atoms with Crippen molar-refractivity contribution in [1.29, 1.82) is 0 Å². The van der Waals surface area contributed by atoms with E-state index in [0.29, 0.717) is 16.1 Å². The number of halogens is 1. The molecule has 0 radical (unpaired) electrons. The molecular weight excluding hydrogens is 320 g/mol. The third-order valence-electron chi connectivity index (χ3n) is 2.91. The highest BCUT2D eigenvalue weighted by atomic mass is 35.5. The predicted molar refractivity (Wildman–Crippen MR) is 85.4 cm³/mol. The van der Waals surface area contributed by atoms with Crippen molar-refractivity contribution in [2.45, 2.75) is 0 Å². The van der Waals surface area contributed by atoms with Crippen LogP contribution in [0.4, 0.5) is 0 Å². The quantitative estimate of drug-likeness (QED) is 0.305. The molecule has 0 aliphatic heterocycles. The van der Waals surface area contributed by atoms with Gasteiger partial charge in [0.2, 0.25) is 0 Å². The molecule has 23 heavy (non-hydrogen) atoms. The van der Waals surface area contributed by atoms with E-state index in [4.69, 9.17) is 22.2 Å². The summed E-state index contributed by atoms with van der Waals surface area (Å²) in [5.74, 6) is -1.14. The molecule has 0 aromatic heterocycles. The maximum Gasteiger partial charge on any atom is 0.365 e. The van der Waals surface area contributed by atoms with E-state index in [1.54, 1.807) is 24.3 Å². The lowest BCUT2D eigenvalue weighted by Crippen LogP contribution is -2.15. The summed E-state index contributed by atoms with van der Waals surface area (Å²) in [4.78, 5) is 27.9. The van der Waals surface area contributed by atoms with Crippen molar-refractivity contribution in [3.63, 3.8) is 0 Å². The van der Waals surface area contributed by atoms with E-state index < -0.39 is 11.9 Å². The highest BCUT2D eigenvalue weighted by molar-refractivity contribution is 6.30. The van der Waals surface area contributed by atoms with Crippen LogP contribution in [0.15, 0.2) is 53.7 Å². The lowest BCUT2D eigenvalue weighted by Gasteiger charge is -2.03. The summed E-state index contributed by atoms with van der Waals surface area (Å²) in [5, 5.41) is 4.14. The Hall–Kier alpha value is -2.86. The van der Waals surface area contributed by atoms with Crippen LogP contribution >= 0.6 is 11.6 Å². The number of methoxy groups -OCH3 is 1. The standard InChI is InChI=1S/C16H13ClN2O4/c1-22-15(20)11-2-4-12(5-3-11)16(21)23-19-14(18)10-6-8-13(17)9-7-10/h2-9H,1H3,(H2,18,19). The molecule has 0 spiro atoms. The third-order valence-corrected chi connectivity index (χ3v) is 3.16. The van der Waals surface area contributed by atoms with Crippen molar-refractivity contribution >= 4 is 29.4 Å². The lowest BCUT2D eigenvalue weighted by molar-refractivity contribution is 0.0514. The Labute approximate surface area is 137 Å². The van der Waals surface area contributed by atoms with Gasteiger partial charge in [0.05, 0.1) is 18.2 Å².